The maximum Gasteiger partial charge on any atom is 0.338 e. The molecule has 1 aromatic heterocycles. The molecule has 1 atom stereocenters. The molecule has 2 heterocycles. The molecule has 8 heteroatoms. The number of ether oxygens (including phenoxy) is 2. The molecule has 0 radical (unpaired) electrons. The molecule has 5 aliphatic rings. The third-order valence-electron chi connectivity index (χ3n) is 7.30. The Balaban J connectivity index is 1.39. The Morgan fingerprint density at radius 2 is 1.81 bits per heavy atom. The second-order valence-electron chi connectivity index (χ2n) is 9.43. The predicted molar refractivity (Wildman–Crippen MR) is 114 cm³/mol. The largest absolute Gasteiger partial charge is 0.463 e. The molecule has 1 aromatic rings. The topological polar surface area (TPSA) is 93.7 Å². The molecule has 2 N–H and O–H groups in total. The van der Waals surface area contributed by atoms with Crippen LogP contribution in [0.15, 0.2) is 28.8 Å². The molecule has 0 aromatic carbocycles. The van der Waals surface area contributed by atoms with E-state index in [0.29, 0.717) is 29.0 Å². The standard InChI is InChI=1S/C23H28N2O5S/c1-2-29-20(26)18-16(24-22(28)25-19(18)17-4-3-5-31-17)12-30-21(27)23-9-13-6-14(10-23)8-15(7-13)11-23/h3-5,13-15,19H,2,6-12H2,1H3,(H2,24,25,28). The van der Waals surface area contributed by atoms with Crippen molar-refractivity contribution in [3.05, 3.63) is 33.7 Å². The van der Waals surface area contributed by atoms with Crippen LogP contribution in [-0.2, 0) is 19.1 Å². The lowest BCUT2D eigenvalue weighted by Gasteiger charge is -2.55. The normalized spacial score (nSPS) is 33.6. The Morgan fingerprint density at radius 1 is 1.13 bits per heavy atom. The summed E-state index contributed by atoms with van der Waals surface area (Å²) in [6, 6.07) is 2.68. The molecule has 31 heavy (non-hydrogen) atoms. The van der Waals surface area contributed by atoms with E-state index < -0.39 is 18.0 Å². The predicted octanol–water partition coefficient (Wildman–Crippen LogP) is 3.68. The van der Waals surface area contributed by atoms with Crippen molar-refractivity contribution in [2.45, 2.75) is 51.5 Å². The zero-order valence-electron chi connectivity index (χ0n) is 17.6. The summed E-state index contributed by atoms with van der Waals surface area (Å²) in [5.74, 6) is 1.21. The summed E-state index contributed by atoms with van der Waals surface area (Å²) in [5.41, 5.74) is 0.213. The van der Waals surface area contributed by atoms with Gasteiger partial charge in [-0.05, 0) is 74.6 Å². The van der Waals surface area contributed by atoms with Gasteiger partial charge in [0.25, 0.3) is 0 Å². The van der Waals surface area contributed by atoms with Gasteiger partial charge in [-0.15, -0.1) is 11.3 Å². The van der Waals surface area contributed by atoms with Gasteiger partial charge in [0.1, 0.15) is 6.61 Å². The fourth-order valence-electron chi connectivity index (χ4n) is 6.50. The summed E-state index contributed by atoms with van der Waals surface area (Å²) >= 11 is 1.44. The van der Waals surface area contributed by atoms with Crippen molar-refractivity contribution in [1.29, 1.82) is 0 Å². The lowest BCUT2D eigenvalue weighted by molar-refractivity contribution is -0.170. The number of hydrogen-bond acceptors (Lipinski definition) is 6. The fraction of sp³-hybridized carbons (Fsp3) is 0.609. The molecule has 4 bridgehead atoms. The van der Waals surface area contributed by atoms with Gasteiger partial charge in [0.15, 0.2) is 0 Å². The molecular formula is C23H28N2O5S. The van der Waals surface area contributed by atoms with Crippen LogP contribution in [0.25, 0.3) is 0 Å². The summed E-state index contributed by atoms with van der Waals surface area (Å²) in [7, 11) is 0. The van der Waals surface area contributed by atoms with E-state index in [0.717, 1.165) is 24.1 Å². The second-order valence-corrected chi connectivity index (χ2v) is 10.4. The van der Waals surface area contributed by atoms with E-state index in [1.165, 1.54) is 30.6 Å². The summed E-state index contributed by atoms with van der Waals surface area (Å²) in [5, 5.41) is 7.37. The van der Waals surface area contributed by atoms with E-state index in [4.69, 9.17) is 9.47 Å². The Labute approximate surface area is 185 Å². The van der Waals surface area contributed by atoms with Crippen LogP contribution in [0.5, 0.6) is 0 Å². The number of esters is 2. The van der Waals surface area contributed by atoms with Gasteiger partial charge in [-0.25, -0.2) is 9.59 Å². The highest BCUT2D eigenvalue weighted by Gasteiger charge is 2.55. The summed E-state index contributed by atoms with van der Waals surface area (Å²) in [4.78, 5) is 39.2. The highest BCUT2D eigenvalue weighted by Crippen LogP contribution is 2.60. The number of hydrogen-bond donors (Lipinski definition) is 2. The van der Waals surface area contributed by atoms with E-state index in [1.807, 2.05) is 17.5 Å². The quantitative estimate of drug-likeness (QED) is 0.653. The van der Waals surface area contributed by atoms with Gasteiger partial charge in [-0.2, -0.15) is 0 Å². The first-order valence-electron chi connectivity index (χ1n) is 11.2. The first-order chi connectivity index (χ1) is 15.0. The zero-order valence-corrected chi connectivity index (χ0v) is 18.5. The van der Waals surface area contributed by atoms with Crippen LogP contribution < -0.4 is 10.6 Å². The van der Waals surface area contributed by atoms with E-state index >= 15 is 0 Å². The van der Waals surface area contributed by atoms with Gasteiger partial charge in [0.2, 0.25) is 0 Å². The highest BCUT2D eigenvalue weighted by molar-refractivity contribution is 7.10. The Morgan fingerprint density at radius 3 is 2.39 bits per heavy atom. The zero-order chi connectivity index (χ0) is 21.6. The van der Waals surface area contributed by atoms with Crippen LogP contribution >= 0.6 is 11.3 Å². The summed E-state index contributed by atoms with van der Waals surface area (Å²) < 4.78 is 11.1. The number of urea groups is 1. The molecule has 0 saturated heterocycles. The first-order valence-corrected chi connectivity index (χ1v) is 12.0. The average molecular weight is 445 g/mol. The van der Waals surface area contributed by atoms with Crippen LogP contribution in [0.2, 0.25) is 0 Å². The number of rotatable bonds is 6. The molecule has 4 saturated carbocycles. The number of thiophene rings is 1. The molecule has 0 spiro atoms. The van der Waals surface area contributed by atoms with Gasteiger partial charge < -0.3 is 20.1 Å². The molecule has 166 valence electrons. The van der Waals surface area contributed by atoms with E-state index in [9.17, 15) is 14.4 Å². The Kier molecular flexibility index (Phi) is 5.28. The molecule has 1 aliphatic heterocycles. The number of nitrogens with one attached hydrogen (secondary N) is 2. The minimum absolute atomic E-state index is 0.135. The fourth-order valence-corrected chi connectivity index (χ4v) is 7.29. The van der Waals surface area contributed by atoms with Gasteiger partial charge >= 0.3 is 18.0 Å². The molecular weight excluding hydrogens is 416 g/mol. The minimum Gasteiger partial charge on any atom is -0.463 e. The van der Waals surface area contributed by atoms with Crippen LogP contribution in [0, 0.1) is 23.2 Å². The second kappa shape index (κ2) is 7.97. The van der Waals surface area contributed by atoms with Crippen LogP contribution in [0.1, 0.15) is 56.4 Å². The van der Waals surface area contributed by atoms with E-state index in [1.54, 1.807) is 6.92 Å². The average Bonchev–Trinajstić information content (AvgIpc) is 3.25. The molecule has 7 nitrogen and oxygen atoms in total. The van der Waals surface area contributed by atoms with Gasteiger partial charge in [-0.3, -0.25) is 4.79 Å². The summed E-state index contributed by atoms with van der Waals surface area (Å²) in [6.07, 6.45) is 6.47. The summed E-state index contributed by atoms with van der Waals surface area (Å²) in [6.45, 7) is 1.82. The van der Waals surface area contributed by atoms with Crippen LogP contribution in [0.4, 0.5) is 4.79 Å². The molecule has 1 unspecified atom stereocenters. The van der Waals surface area contributed by atoms with E-state index in [-0.39, 0.29) is 24.6 Å². The van der Waals surface area contributed by atoms with Gasteiger partial charge in [0.05, 0.1) is 29.3 Å². The first kappa shape index (κ1) is 20.5. The van der Waals surface area contributed by atoms with Crippen molar-refractivity contribution in [3.63, 3.8) is 0 Å². The Bertz CT molecular complexity index is 887. The SMILES string of the molecule is CCOC(=O)C1=C(COC(=O)C23CC4CC(CC(C4)C2)C3)NC(=O)NC1c1cccs1. The van der Waals surface area contributed by atoms with Crippen molar-refractivity contribution in [1.82, 2.24) is 10.6 Å². The molecule has 6 rings (SSSR count). The van der Waals surface area contributed by atoms with E-state index in [2.05, 4.69) is 10.6 Å². The lowest BCUT2D eigenvalue weighted by Crippen LogP contribution is -2.51. The third-order valence-corrected chi connectivity index (χ3v) is 8.23. The van der Waals surface area contributed by atoms with Crippen LogP contribution in [0.3, 0.4) is 0 Å². The van der Waals surface area contributed by atoms with Crippen molar-refractivity contribution >= 4 is 29.3 Å². The van der Waals surface area contributed by atoms with Crippen molar-refractivity contribution in [2.75, 3.05) is 13.2 Å². The minimum atomic E-state index is -0.624. The van der Waals surface area contributed by atoms with Gasteiger partial charge in [-0.1, -0.05) is 6.07 Å². The maximum absolute atomic E-state index is 13.2. The molecule has 4 fully saturated rings. The van der Waals surface area contributed by atoms with Gasteiger partial charge in [0, 0.05) is 4.88 Å². The number of carbonyl (C=O) groups is 3. The maximum atomic E-state index is 13.2. The smallest absolute Gasteiger partial charge is 0.338 e. The molecule has 4 aliphatic carbocycles. The number of carbonyl (C=O) groups excluding carboxylic acids is 3. The highest BCUT2D eigenvalue weighted by atomic mass is 32.1. The van der Waals surface area contributed by atoms with Crippen molar-refractivity contribution in [3.8, 4) is 0 Å². The third kappa shape index (κ3) is 3.75. The Hall–Kier alpha value is -2.35. The molecule has 2 amide bonds. The van der Waals surface area contributed by atoms with Crippen molar-refractivity contribution < 1.29 is 23.9 Å². The lowest BCUT2D eigenvalue weighted by atomic mass is 9.49. The monoisotopic (exact) mass is 444 g/mol. The van der Waals surface area contributed by atoms with Crippen LogP contribution in [-0.4, -0.2) is 31.2 Å². The van der Waals surface area contributed by atoms with Crippen molar-refractivity contribution in [2.24, 2.45) is 23.2 Å². The number of amides is 2.